The molecule has 1 fully saturated rings. The van der Waals surface area contributed by atoms with Crippen LogP contribution in [0.25, 0.3) is 0 Å². The zero-order valence-corrected chi connectivity index (χ0v) is 11.6. The topological polar surface area (TPSA) is 72.5 Å². The molecule has 0 heterocycles. The van der Waals surface area contributed by atoms with E-state index < -0.39 is 11.5 Å². The largest absolute Gasteiger partial charge is 0.496 e. The van der Waals surface area contributed by atoms with Crippen LogP contribution in [0.4, 0.5) is 0 Å². The third-order valence-electron chi connectivity index (χ3n) is 3.91. The van der Waals surface area contributed by atoms with E-state index in [1.165, 1.54) is 0 Å². The summed E-state index contributed by atoms with van der Waals surface area (Å²) >= 11 is 0. The van der Waals surface area contributed by atoms with E-state index in [4.69, 9.17) is 10.5 Å². The van der Waals surface area contributed by atoms with Gasteiger partial charge in [-0.05, 0) is 42.4 Å². The van der Waals surface area contributed by atoms with Crippen LogP contribution in [0.2, 0.25) is 0 Å². The highest BCUT2D eigenvalue weighted by Crippen LogP contribution is 2.47. The molecule has 2 rings (SSSR count). The van der Waals surface area contributed by atoms with Crippen molar-refractivity contribution in [2.24, 2.45) is 11.7 Å². The second-order valence-electron chi connectivity index (χ2n) is 5.56. The predicted octanol–water partition coefficient (Wildman–Crippen LogP) is 2.47. The minimum Gasteiger partial charge on any atom is -0.496 e. The summed E-state index contributed by atoms with van der Waals surface area (Å²) in [6.45, 7) is 4.14. The summed E-state index contributed by atoms with van der Waals surface area (Å²) in [6, 6.07) is 5.66. The highest BCUT2D eigenvalue weighted by Gasteiger charge is 2.51. The van der Waals surface area contributed by atoms with Crippen LogP contribution in [0.1, 0.15) is 43.7 Å². The molecule has 0 aromatic heterocycles. The van der Waals surface area contributed by atoms with Gasteiger partial charge in [-0.25, -0.2) is 4.79 Å². The van der Waals surface area contributed by atoms with E-state index in [9.17, 15) is 9.90 Å². The maximum Gasteiger partial charge on any atom is 0.328 e. The Bertz CT molecular complexity index is 494. The molecular weight excluding hydrogens is 242 g/mol. The fourth-order valence-electron chi connectivity index (χ4n) is 2.46. The number of nitrogens with two attached hydrogens (primary N) is 1. The molecule has 1 aliphatic carbocycles. The zero-order valence-electron chi connectivity index (χ0n) is 11.6. The number of carbonyl (C=O) groups is 1. The Morgan fingerprint density at radius 3 is 2.53 bits per heavy atom. The van der Waals surface area contributed by atoms with Gasteiger partial charge < -0.3 is 15.6 Å². The second kappa shape index (κ2) is 4.85. The number of hydrogen-bond acceptors (Lipinski definition) is 3. The number of benzene rings is 1. The van der Waals surface area contributed by atoms with Crippen LogP contribution in [0, 0.1) is 5.92 Å². The maximum absolute atomic E-state index is 11.7. The molecule has 0 aliphatic heterocycles. The number of aliphatic carboxylic acids is 1. The highest BCUT2D eigenvalue weighted by molar-refractivity contribution is 5.82. The van der Waals surface area contributed by atoms with Crippen molar-refractivity contribution in [3.8, 4) is 5.75 Å². The molecule has 1 aromatic carbocycles. The van der Waals surface area contributed by atoms with Crippen molar-refractivity contribution >= 4 is 5.97 Å². The van der Waals surface area contributed by atoms with Crippen molar-refractivity contribution in [1.29, 1.82) is 0 Å². The lowest BCUT2D eigenvalue weighted by atomic mass is 9.83. The Morgan fingerprint density at radius 2 is 2.11 bits per heavy atom. The molecule has 0 spiro atoms. The Hall–Kier alpha value is -1.55. The Kier molecular flexibility index (Phi) is 3.54. The maximum atomic E-state index is 11.7. The van der Waals surface area contributed by atoms with Crippen molar-refractivity contribution in [2.75, 3.05) is 7.11 Å². The summed E-state index contributed by atoms with van der Waals surface area (Å²) < 4.78 is 5.31. The number of methoxy groups -OCH3 is 1. The SMILES string of the molecule is COc1ccc(C(C)C)cc1C(N)(C(=O)O)C1CC1. The molecule has 1 atom stereocenters. The first kappa shape index (κ1) is 13.9. The molecule has 0 bridgehead atoms. The van der Waals surface area contributed by atoms with Crippen molar-refractivity contribution in [2.45, 2.75) is 38.1 Å². The Morgan fingerprint density at radius 1 is 1.47 bits per heavy atom. The summed E-state index contributed by atoms with van der Waals surface area (Å²) in [5.41, 5.74) is 6.57. The van der Waals surface area contributed by atoms with E-state index in [0.717, 1.165) is 18.4 Å². The van der Waals surface area contributed by atoms with Gasteiger partial charge in [-0.15, -0.1) is 0 Å². The molecule has 1 saturated carbocycles. The molecule has 0 amide bonds. The standard InChI is InChI=1S/C15H21NO3/c1-9(2)10-4-7-13(19-3)12(8-10)15(16,14(17)18)11-5-6-11/h4,7-9,11H,5-6,16H2,1-3H3,(H,17,18). The molecule has 1 aliphatic rings. The normalized spacial score (nSPS) is 18.2. The summed E-state index contributed by atoms with van der Waals surface area (Å²) in [5.74, 6) is -0.0985. The fraction of sp³-hybridized carbons (Fsp3) is 0.533. The first-order valence-corrected chi connectivity index (χ1v) is 6.62. The number of hydrogen-bond donors (Lipinski definition) is 2. The summed E-state index contributed by atoms with van der Waals surface area (Å²) in [4.78, 5) is 11.7. The van der Waals surface area contributed by atoms with Gasteiger partial charge >= 0.3 is 5.97 Å². The Labute approximate surface area is 113 Å². The van der Waals surface area contributed by atoms with Crippen molar-refractivity contribution in [1.82, 2.24) is 0 Å². The van der Waals surface area contributed by atoms with E-state index >= 15 is 0 Å². The Balaban J connectivity index is 2.57. The van der Waals surface area contributed by atoms with Crippen LogP contribution in [0.5, 0.6) is 5.75 Å². The number of ether oxygens (including phenoxy) is 1. The fourth-order valence-corrected chi connectivity index (χ4v) is 2.46. The number of rotatable bonds is 5. The molecule has 104 valence electrons. The van der Waals surface area contributed by atoms with E-state index in [1.807, 2.05) is 18.2 Å². The molecule has 1 aromatic rings. The van der Waals surface area contributed by atoms with Crippen LogP contribution in [-0.2, 0) is 10.3 Å². The lowest BCUT2D eigenvalue weighted by molar-refractivity contribution is -0.144. The van der Waals surface area contributed by atoms with Crippen LogP contribution in [0.3, 0.4) is 0 Å². The third-order valence-corrected chi connectivity index (χ3v) is 3.91. The minimum atomic E-state index is -1.34. The first-order valence-electron chi connectivity index (χ1n) is 6.62. The van der Waals surface area contributed by atoms with Crippen molar-refractivity contribution < 1.29 is 14.6 Å². The van der Waals surface area contributed by atoms with Gasteiger partial charge in [-0.3, -0.25) is 0 Å². The average Bonchev–Trinajstić information content (AvgIpc) is 3.21. The molecule has 4 heteroatoms. The van der Waals surface area contributed by atoms with Gasteiger partial charge in [0, 0.05) is 5.56 Å². The van der Waals surface area contributed by atoms with Gasteiger partial charge in [-0.1, -0.05) is 19.9 Å². The quantitative estimate of drug-likeness (QED) is 0.856. The van der Waals surface area contributed by atoms with E-state index in [1.54, 1.807) is 7.11 Å². The molecule has 3 N–H and O–H groups in total. The summed E-state index contributed by atoms with van der Waals surface area (Å²) in [5, 5.41) is 9.57. The van der Waals surface area contributed by atoms with Crippen LogP contribution >= 0.6 is 0 Å². The van der Waals surface area contributed by atoms with E-state index in [2.05, 4.69) is 13.8 Å². The van der Waals surface area contributed by atoms with Gasteiger partial charge in [0.2, 0.25) is 0 Å². The first-order chi connectivity index (χ1) is 8.91. The molecular formula is C15H21NO3. The van der Waals surface area contributed by atoms with Crippen molar-refractivity contribution in [3.05, 3.63) is 29.3 Å². The summed E-state index contributed by atoms with van der Waals surface area (Å²) in [6.07, 6.45) is 1.72. The third kappa shape index (κ3) is 2.32. The van der Waals surface area contributed by atoms with Crippen LogP contribution < -0.4 is 10.5 Å². The average molecular weight is 263 g/mol. The monoisotopic (exact) mass is 263 g/mol. The second-order valence-corrected chi connectivity index (χ2v) is 5.56. The van der Waals surface area contributed by atoms with Gasteiger partial charge in [0.05, 0.1) is 7.11 Å². The molecule has 4 nitrogen and oxygen atoms in total. The van der Waals surface area contributed by atoms with E-state index in [0.29, 0.717) is 17.2 Å². The zero-order chi connectivity index (χ0) is 14.2. The molecule has 1 unspecified atom stereocenters. The van der Waals surface area contributed by atoms with Gasteiger partial charge in [0.15, 0.2) is 0 Å². The van der Waals surface area contributed by atoms with E-state index in [-0.39, 0.29) is 5.92 Å². The number of carboxylic acids is 1. The smallest absolute Gasteiger partial charge is 0.328 e. The summed E-state index contributed by atoms with van der Waals surface area (Å²) in [7, 11) is 1.54. The molecule has 0 saturated heterocycles. The van der Waals surface area contributed by atoms with Crippen LogP contribution in [0.15, 0.2) is 18.2 Å². The molecule has 0 radical (unpaired) electrons. The lowest BCUT2D eigenvalue weighted by Crippen LogP contribution is -2.47. The van der Waals surface area contributed by atoms with Gasteiger partial charge in [0.1, 0.15) is 11.3 Å². The van der Waals surface area contributed by atoms with Crippen molar-refractivity contribution in [3.63, 3.8) is 0 Å². The highest BCUT2D eigenvalue weighted by atomic mass is 16.5. The molecule has 19 heavy (non-hydrogen) atoms. The van der Waals surface area contributed by atoms with Gasteiger partial charge in [0.25, 0.3) is 0 Å². The van der Waals surface area contributed by atoms with Crippen LogP contribution in [-0.4, -0.2) is 18.2 Å². The lowest BCUT2D eigenvalue weighted by Gasteiger charge is -2.28. The van der Waals surface area contributed by atoms with Gasteiger partial charge in [-0.2, -0.15) is 0 Å². The predicted molar refractivity (Wildman–Crippen MR) is 73.3 cm³/mol. The number of carboxylic acid groups (broad SMARTS) is 1. The minimum absolute atomic E-state index is 0.00122.